The van der Waals surface area contributed by atoms with E-state index in [-0.39, 0.29) is 17.4 Å². The van der Waals surface area contributed by atoms with E-state index in [2.05, 4.69) is 22.2 Å². The van der Waals surface area contributed by atoms with Gasteiger partial charge in [0, 0.05) is 37.9 Å². The molecule has 2 aliphatic rings. The highest BCUT2D eigenvalue weighted by atomic mass is 16.5. The molecule has 2 saturated heterocycles. The van der Waals surface area contributed by atoms with Crippen molar-refractivity contribution in [3.05, 3.63) is 54.1 Å². The molecule has 2 fully saturated rings. The fourth-order valence-corrected chi connectivity index (χ4v) is 5.10. The van der Waals surface area contributed by atoms with E-state index in [0.717, 1.165) is 50.3 Å². The van der Waals surface area contributed by atoms with Crippen molar-refractivity contribution in [3.8, 4) is 11.5 Å². The Morgan fingerprint density at radius 2 is 1.97 bits per heavy atom. The molecule has 0 N–H and O–H groups in total. The zero-order chi connectivity index (χ0) is 21.4. The van der Waals surface area contributed by atoms with E-state index in [0.29, 0.717) is 18.1 Å². The minimum Gasteiger partial charge on any atom is -0.337 e. The van der Waals surface area contributed by atoms with Gasteiger partial charge in [-0.1, -0.05) is 23.4 Å². The molecule has 3 aromatic rings. The summed E-state index contributed by atoms with van der Waals surface area (Å²) in [6.45, 7) is 5.24. The number of aryl methyl sites for hydroxylation is 1. The van der Waals surface area contributed by atoms with Gasteiger partial charge in [-0.25, -0.2) is 0 Å². The molecule has 162 valence electrons. The predicted octanol–water partition coefficient (Wildman–Crippen LogP) is 3.25. The lowest BCUT2D eigenvalue weighted by Gasteiger charge is -2.39. The van der Waals surface area contributed by atoms with Crippen molar-refractivity contribution in [2.24, 2.45) is 5.41 Å². The number of amides is 1. The van der Waals surface area contributed by atoms with Gasteiger partial charge in [0.25, 0.3) is 11.8 Å². The summed E-state index contributed by atoms with van der Waals surface area (Å²) in [5.41, 5.74) is 1.81. The summed E-state index contributed by atoms with van der Waals surface area (Å²) in [5, 5.41) is 8.54. The molecule has 0 saturated carbocycles. The molecule has 1 atom stereocenters. The fraction of sp³-hybridized carbons (Fsp3) is 0.478. The summed E-state index contributed by atoms with van der Waals surface area (Å²) < 4.78 is 7.32. The number of nitrogens with zero attached hydrogens (tertiary/aromatic N) is 6. The zero-order valence-electron chi connectivity index (χ0n) is 18.1. The lowest BCUT2D eigenvalue weighted by molar-refractivity contribution is 0.0581. The average molecular weight is 421 g/mol. The molecule has 8 heteroatoms. The number of piperidine rings is 1. The summed E-state index contributed by atoms with van der Waals surface area (Å²) in [6, 6.07) is 11.8. The molecule has 1 aromatic carbocycles. The number of benzene rings is 1. The van der Waals surface area contributed by atoms with Crippen molar-refractivity contribution in [1.29, 1.82) is 0 Å². The SMILES string of the molecule is CCn1nccc1C(=O)N1CCC2(CC1)CC(c1noc(-c3ccccc3)n1)N(C)C2. The summed E-state index contributed by atoms with van der Waals surface area (Å²) >= 11 is 0. The molecule has 4 heterocycles. The Bertz CT molecular complexity index is 1050. The molecule has 0 bridgehead atoms. The van der Waals surface area contributed by atoms with Crippen LogP contribution in [0.15, 0.2) is 47.1 Å². The van der Waals surface area contributed by atoms with Crippen molar-refractivity contribution in [2.45, 2.75) is 38.8 Å². The van der Waals surface area contributed by atoms with Crippen molar-refractivity contribution in [3.63, 3.8) is 0 Å². The summed E-state index contributed by atoms with van der Waals surface area (Å²) in [6.07, 6.45) is 4.67. The Labute approximate surface area is 181 Å². The van der Waals surface area contributed by atoms with Gasteiger partial charge >= 0.3 is 0 Å². The number of likely N-dealkylation sites (tertiary alicyclic amines) is 2. The maximum absolute atomic E-state index is 13.0. The third-order valence-corrected chi connectivity index (χ3v) is 6.85. The molecule has 2 aromatic heterocycles. The minimum absolute atomic E-state index is 0.0859. The van der Waals surface area contributed by atoms with E-state index in [4.69, 9.17) is 9.51 Å². The van der Waals surface area contributed by atoms with Crippen LogP contribution in [-0.2, 0) is 6.54 Å². The van der Waals surface area contributed by atoms with Crippen LogP contribution >= 0.6 is 0 Å². The number of carbonyl (C=O) groups is 1. The smallest absolute Gasteiger partial charge is 0.272 e. The average Bonchev–Trinajstić information content (AvgIpc) is 3.53. The molecule has 0 aliphatic carbocycles. The van der Waals surface area contributed by atoms with Crippen LogP contribution in [0.2, 0.25) is 0 Å². The first-order valence-electron chi connectivity index (χ1n) is 11.0. The largest absolute Gasteiger partial charge is 0.337 e. The summed E-state index contributed by atoms with van der Waals surface area (Å²) in [7, 11) is 2.13. The van der Waals surface area contributed by atoms with Crippen LogP contribution in [0, 0.1) is 5.41 Å². The molecule has 2 aliphatic heterocycles. The van der Waals surface area contributed by atoms with Gasteiger partial charge in [0.15, 0.2) is 5.82 Å². The second kappa shape index (κ2) is 7.92. The quantitative estimate of drug-likeness (QED) is 0.645. The number of aromatic nitrogens is 4. The molecular weight excluding hydrogens is 392 g/mol. The van der Waals surface area contributed by atoms with Crippen molar-refractivity contribution >= 4 is 5.91 Å². The number of hydrogen-bond donors (Lipinski definition) is 0. The Morgan fingerprint density at radius 3 is 2.71 bits per heavy atom. The second-order valence-corrected chi connectivity index (χ2v) is 8.78. The summed E-state index contributed by atoms with van der Waals surface area (Å²) in [4.78, 5) is 22.0. The van der Waals surface area contributed by atoms with E-state index in [1.54, 1.807) is 10.9 Å². The van der Waals surface area contributed by atoms with Gasteiger partial charge in [0.1, 0.15) is 5.69 Å². The van der Waals surface area contributed by atoms with Gasteiger partial charge in [-0.05, 0) is 56.8 Å². The first-order valence-corrected chi connectivity index (χ1v) is 11.0. The summed E-state index contributed by atoms with van der Waals surface area (Å²) in [5.74, 6) is 1.41. The van der Waals surface area contributed by atoms with Crippen LogP contribution in [0.25, 0.3) is 11.5 Å². The molecule has 5 rings (SSSR count). The normalized spacial score (nSPS) is 21.1. The van der Waals surface area contributed by atoms with E-state index < -0.39 is 0 Å². The van der Waals surface area contributed by atoms with E-state index >= 15 is 0 Å². The first kappa shape index (κ1) is 19.9. The molecule has 1 amide bonds. The van der Waals surface area contributed by atoms with Crippen molar-refractivity contribution < 1.29 is 9.32 Å². The van der Waals surface area contributed by atoms with Gasteiger partial charge in [0.2, 0.25) is 0 Å². The lowest BCUT2D eigenvalue weighted by atomic mass is 9.76. The molecule has 8 nitrogen and oxygen atoms in total. The monoisotopic (exact) mass is 420 g/mol. The Balaban J connectivity index is 1.26. The van der Waals surface area contributed by atoms with E-state index in [9.17, 15) is 4.79 Å². The Kier molecular flexibility index (Phi) is 5.09. The molecule has 0 radical (unpaired) electrons. The van der Waals surface area contributed by atoms with Crippen LogP contribution in [0.1, 0.15) is 48.5 Å². The molecule has 31 heavy (non-hydrogen) atoms. The number of rotatable bonds is 4. The van der Waals surface area contributed by atoms with Crippen molar-refractivity contribution in [1.82, 2.24) is 29.7 Å². The molecular formula is C23H28N6O2. The first-order chi connectivity index (χ1) is 15.1. The van der Waals surface area contributed by atoms with E-state index in [1.807, 2.05) is 48.2 Å². The topological polar surface area (TPSA) is 80.3 Å². The van der Waals surface area contributed by atoms with Crippen LogP contribution in [0.3, 0.4) is 0 Å². The van der Waals surface area contributed by atoms with Crippen LogP contribution < -0.4 is 0 Å². The zero-order valence-corrected chi connectivity index (χ0v) is 18.1. The molecule has 1 spiro atoms. The highest BCUT2D eigenvalue weighted by Gasteiger charge is 2.46. The predicted molar refractivity (Wildman–Crippen MR) is 115 cm³/mol. The van der Waals surface area contributed by atoms with Crippen LogP contribution in [0.5, 0.6) is 0 Å². The molecule has 1 unspecified atom stereocenters. The highest BCUT2D eigenvalue weighted by molar-refractivity contribution is 5.92. The van der Waals surface area contributed by atoms with Gasteiger partial charge in [-0.3, -0.25) is 14.4 Å². The maximum atomic E-state index is 13.0. The van der Waals surface area contributed by atoms with Gasteiger partial charge in [-0.15, -0.1) is 0 Å². The minimum atomic E-state index is 0.0859. The maximum Gasteiger partial charge on any atom is 0.272 e. The van der Waals surface area contributed by atoms with Crippen LogP contribution in [0.4, 0.5) is 0 Å². The van der Waals surface area contributed by atoms with Gasteiger partial charge in [0.05, 0.1) is 6.04 Å². The number of hydrogen-bond acceptors (Lipinski definition) is 6. The third-order valence-electron chi connectivity index (χ3n) is 6.85. The van der Waals surface area contributed by atoms with Crippen molar-refractivity contribution in [2.75, 3.05) is 26.7 Å². The Hall–Kier alpha value is -3.00. The second-order valence-electron chi connectivity index (χ2n) is 8.78. The third kappa shape index (κ3) is 3.65. The Morgan fingerprint density at radius 1 is 1.19 bits per heavy atom. The van der Waals surface area contributed by atoms with Gasteiger partial charge in [-0.2, -0.15) is 10.1 Å². The lowest BCUT2D eigenvalue weighted by Crippen LogP contribution is -2.44. The van der Waals surface area contributed by atoms with Crippen LogP contribution in [-0.4, -0.2) is 62.3 Å². The van der Waals surface area contributed by atoms with E-state index in [1.165, 1.54) is 0 Å². The highest BCUT2D eigenvalue weighted by Crippen LogP contribution is 2.48. The standard InChI is InChI=1S/C23H28N6O2/c1-3-29-18(9-12-24-29)22(30)28-13-10-23(11-14-28)15-19(27(2)16-23)20-25-21(31-26-20)17-7-5-4-6-8-17/h4-9,12,19H,3,10-11,13-16H2,1-2H3. The van der Waals surface area contributed by atoms with Gasteiger partial charge < -0.3 is 9.42 Å². The number of carbonyl (C=O) groups excluding carboxylic acids is 1. The fourth-order valence-electron chi connectivity index (χ4n) is 5.10.